The Kier molecular flexibility index (Phi) is 3.62. The van der Waals surface area contributed by atoms with E-state index in [1.165, 1.54) is 11.9 Å². The van der Waals surface area contributed by atoms with Crippen molar-refractivity contribution in [1.29, 1.82) is 0 Å². The molecule has 1 aromatic carbocycles. The Bertz CT molecular complexity index is 569. The van der Waals surface area contributed by atoms with Gasteiger partial charge in [-0.15, -0.1) is 0 Å². The Morgan fingerprint density at radius 1 is 1.33 bits per heavy atom. The molecule has 1 N–H and O–H groups in total. The Balaban J connectivity index is 2.38. The molecule has 1 heterocycles. The lowest BCUT2D eigenvalue weighted by atomic mass is 10.1. The second-order valence-electron chi connectivity index (χ2n) is 3.75. The van der Waals surface area contributed by atoms with Crippen molar-refractivity contribution in [2.45, 2.75) is 0 Å². The van der Waals surface area contributed by atoms with Crippen LogP contribution in [0, 0.1) is 0 Å². The molecule has 2 rings (SSSR count). The van der Waals surface area contributed by atoms with Crippen molar-refractivity contribution in [3.8, 4) is 11.3 Å². The SMILES string of the molecule is CN(C(=O)O)c1cccc(-c2ccc(Br)cn2)c1. The zero-order valence-corrected chi connectivity index (χ0v) is 11.3. The molecule has 4 nitrogen and oxygen atoms in total. The van der Waals surface area contributed by atoms with Gasteiger partial charge in [0, 0.05) is 29.0 Å². The van der Waals surface area contributed by atoms with E-state index in [1.54, 1.807) is 18.3 Å². The van der Waals surface area contributed by atoms with Crippen molar-refractivity contribution in [1.82, 2.24) is 4.98 Å². The first-order chi connectivity index (χ1) is 8.58. The van der Waals surface area contributed by atoms with Crippen LogP contribution in [-0.2, 0) is 0 Å². The number of aromatic nitrogens is 1. The topological polar surface area (TPSA) is 53.4 Å². The highest BCUT2D eigenvalue weighted by Crippen LogP contribution is 2.23. The van der Waals surface area contributed by atoms with Crippen molar-refractivity contribution < 1.29 is 9.90 Å². The number of hydrogen-bond acceptors (Lipinski definition) is 2. The van der Waals surface area contributed by atoms with Crippen LogP contribution in [-0.4, -0.2) is 23.2 Å². The maximum Gasteiger partial charge on any atom is 0.411 e. The van der Waals surface area contributed by atoms with Crippen LogP contribution in [0.3, 0.4) is 0 Å². The molecule has 0 unspecified atom stereocenters. The molecule has 0 bridgehead atoms. The molecule has 5 heteroatoms. The van der Waals surface area contributed by atoms with E-state index >= 15 is 0 Å². The molecular weight excluding hydrogens is 296 g/mol. The van der Waals surface area contributed by atoms with Gasteiger partial charge < -0.3 is 5.11 Å². The summed E-state index contributed by atoms with van der Waals surface area (Å²) >= 11 is 3.33. The van der Waals surface area contributed by atoms with E-state index in [4.69, 9.17) is 5.11 Å². The third-order valence-corrected chi connectivity index (χ3v) is 3.01. The van der Waals surface area contributed by atoms with Gasteiger partial charge in [0.15, 0.2) is 0 Å². The highest BCUT2D eigenvalue weighted by molar-refractivity contribution is 9.10. The Labute approximate surface area is 113 Å². The number of nitrogens with zero attached hydrogens (tertiary/aromatic N) is 2. The molecule has 0 radical (unpaired) electrons. The summed E-state index contributed by atoms with van der Waals surface area (Å²) in [7, 11) is 1.51. The van der Waals surface area contributed by atoms with Gasteiger partial charge in [0.25, 0.3) is 0 Å². The van der Waals surface area contributed by atoms with E-state index in [0.717, 1.165) is 15.7 Å². The number of pyridine rings is 1. The second kappa shape index (κ2) is 5.18. The minimum atomic E-state index is -0.990. The molecule has 2 aromatic rings. The predicted molar refractivity (Wildman–Crippen MR) is 73.8 cm³/mol. The van der Waals surface area contributed by atoms with Gasteiger partial charge in [-0.2, -0.15) is 0 Å². The summed E-state index contributed by atoms with van der Waals surface area (Å²) in [4.78, 5) is 16.3. The summed E-state index contributed by atoms with van der Waals surface area (Å²) in [5.74, 6) is 0. The van der Waals surface area contributed by atoms with Crippen LogP contribution in [0.1, 0.15) is 0 Å². The van der Waals surface area contributed by atoms with Crippen LogP contribution < -0.4 is 4.90 Å². The van der Waals surface area contributed by atoms with E-state index < -0.39 is 6.09 Å². The van der Waals surface area contributed by atoms with Crippen molar-refractivity contribution in [2.75, 3.05) is 11.9 Å². The first kappa shape index (κ1) is 12.6. The first-order valence-corrected chi connectivity index (χ1v) is 6.06. The average molecular weight is 307 g/mol. The summed E-state index contributed by atoms with van der Waals surface area (Å²) in [6.45, 7) is 0. The highest BCUT2D eigenvalue weighted by atomic mass is 79.9. The number of amides is 1. The maximum absolute atomic E-state index is 10.9. The van der Waals surface area contributed by atoms with E-state index in [9.17, 15) is 4.79 Å². The Morgan fingerprint density at radius 3 is 2.72 bits per heavy atom. The summed E-state index contributed by atoms with van der Waals surface area (Å²) in [6, 6.07) is 11.0. The molecule has 0 aliphatic rings. The van der Waals surface area contributed by atoms with Gasteiger partial charge in [-0.3, -0.25) is 9.88 Å². The summed E-state index contributed by atoms with van der Waals surface area (Å²) < 4.78 is 0.907. The third kappa shape index (κ3) is 2.68. The summed E-state index contributed by atoms with van der Waals surface area (Å²) in [5.41, 5.74) is 2.30. The molecule has 0 aliphatic heterocycles. The minimum Gasteiger partial charge on any atom is -0.465 e. The zero-order valence-electron chi connectivity index (χ0n) is 9.67. The van der Waals surface area contributed by atoms with Gasteiger partial charge in [-0.1, -0.05) is 12.1 Å². The number of carboxylic acid groups (broad SMARTS) is 1. The van der Waals surface area contributed by atoms with Crippen LogP contribution in [0.25, 0.3) is 11.3 Å². The van der Waals surface area contributed by atoms with Gasteiger partial charge >= 0.3 is 6.09 Å². The number of anilines is 1. The van der Waals surface area contributed by atoms with Crippen LogP contribution in [0.15, 0.2) is 47.1 Å². The lowest BCUT2D eigenvalue weighted by Gasteiger charge is -2.13. The van der Waals surface area contributed by atoms with Crippen molar-refractivity contribution in [2.24, 2.45) is 0 Å². The fraction of sp³-hybridized carbons (Fsp3) is 0.0769. The molecule has 0 spiro atoms. The van der Waals surface area contributed by atoms with Crippen LogP contribution in [0.2, 0.25) is 0 Å². The van der Waals surface area contributed by atoms with E-state index in [1.807, 2.05) is 24.3 Å². The van der Waals surface area contributed by atoms with E-state index in [0.29, 0.717) is 5.69 Å². The number of rotatable bonds is 2. The molecular formula is C13H11BrN2O2. The zero-order chi connectivity index (χ0) is 13.1. The molecule has 1 amide bonds. The van der Waals surface area contributed by atoms with E-state index in [2.05, 4.69) is 20.9 Å². The van der Waals surface area contributed by atoms with Gasteiger partial charge in [0.2, 0.25) is 0 Å². The molecule has 1 aromatic heterocycles. The Hall–Kier alpha value is -1.88. The molecule has 18 heavy (non-hydrogen) atoms. The molecule has 92 valence electrons. The smallest absolute Gasteiger partial charge is 0.411 e. The molecule has 0 fully saturated rings. The van der Waals surface area contributed by atoms with Crippen LogP contribution >= 0.6 is 15.9 Å². The number of halogens is 1. The largest absolute Gasteiger partial charge is 0.465 e. The minimum absolute atomic E-state index is 0.615. The van der Waals surface area contributed by atoms with Crippen LogP contribution in [0.5, 0.6) is 0 Å². The Morgan fingerprint density at radius 2 is 2.11 bits per heavy atom. The van der Waals surface area contributed by atoms with Crippen LogP contribution in [0.4, 0.5) is 10.5 Å². The lowest BCUT2D eigenvalue weighted by molar-refractivity contribution is 0.203. The monoisotopic (exact) mass is 306 g/mol. The predicted octanol–water partition coefficient (Wildman–Crippen LogP) is 3.63. The van der Waals surface area contributed by atoms with Crippen molar-refractivity contribution in [3.05, 3.63) is 47.1 Å². The summed E-state index contributed by atoms with van der Waals surface area (Å²) in [5, 5.41) is 8.94. The van der Waals surface area contributed by atoms with Crippen molar-refractivity contribution >= 4 is 27.7 Å². The molecule has 0 atom stereocenters. The van der Waals surface area contributed by atoms with Gasteiger partial charge in [0.05, 0.1) is 5.69 Å². The third-order valence-electron chi connectivity index (χ3n) is 2.54. The lowest BCUT2D eigenvalue weighted by Crippen LogP contribution is -2.23. The second-order valence-corrected chi connectivity index (χ2v) is 4.67. The van der Waals surface area contributed by atoms with Gasteiger partial charge in [-0.05, 0) is 40.2 Å². The number of carbonyl (C=O) groups is 1. The average Bonchev–Trinajstić information content (AvgIpc) is 2.38. The van der Waals surface area contributed by atoms with Gasteiger partial charge in [-0.25, -0.2) is 4.79 Å². The quantitative estimate of drug-likeness (QED) is 0.922. The highest BCUT2D eigenvalue weighted by Gasteiger charge is 2.09. The first-order valence-electron chi connectivity index (χ1n) is 5.26. The fourth-order valence-corrected chi connectivity index (χ4v) is 1.77. The fourth-order valence-electron chi connectivity index (χ4n) is 1.53. The molecule has 0 saturated carbocycles. The molecule has 0 aliphatic carbocycles. The standard InChI is InChI=1S/C13H11BrN2O2/c1-16(13(17)18)11-4-2-3-9(7-11)12-6-5-10(14)8-15-12/h2-8H,1H3,(H,17,18). The summed E-state index contributed by atoms with van der Waals surface area (Å²) in [6.07, 6.45) is 0.721. The van der Waals surface area contributed by atoms with Gasteiger partial charge in [0.1, 0.15) is 0 Å². The maximum atomic E-state index is 10.9. The number of hydrogen-bond donors (Lipinski definition) is 1. The van der Waals surface area contributed by atoms with E-state index in [-0.39, 0.29) is 0 Å². The molecule has 0 saturated heterocycles. The number of benzene rings is 1. The van der Waals surface area contributed by atoms with Crippen molar-refractivity contribution in [3.63, 3.8) is 0 Å². The normalized spacial score (nSPS) is 10.1.